The van der Waals surface area contributed by atoms with Crippen molar-refractivity contribution < 1.29 is 18.9 Å². The van der Waals surface area contributed by atoms with Crippen molar-refractivity contribution in [2.45, 2.75) is 71.3 Å². The molecule has 1 spiro atoms. The number of aryl methyl sites for hydroxylation is 1. The van der Waals surface area contributed by atoms with E-state index in [2.05, 4.69) is 101 Å². The van der Waals surface area contributed by atoms with E-state index in [1.54, 1.807) is 14.2 Å². The molecular formula is C46H46O4. The molecule has 254 valence electrons. The molecule has 1 saturated carbocycles. The lowest BCUT2D eigenvalue weighted by molar-refractivity contribution is 0.0642. The number of rotatable bonds is 4. The zero-order valence-electron chi connectivity index (χ0n) is 30.3. The average Bonchev–Trinajstić information content (AvgIpc) is 3.69. The molecule has 0 saturated heterocycles. The van der Waals surface area contributed by atoms with Crippen molar-refractivity contribution in [3.63, 3.8) is 0 Å². The van der Waals surface area contributed by atoms with Crippen LogP contribution in [0.3, 0.4) is 0 Å². The molecule has 5 aromatic carbocycles. The maximum atomic E-state index is 7.72. The van der Waals surface area contributed by atoms with E-state index >= 15 is 0 Å². The monoisotopic (exact) mass is 662 g/mol. The van der Waals surface area contributed by atoms with Crippen molar-refractivity contribution in [3.05, 3.63) is 124 Å². The Morgan fingerprint density at radius 3 is 1.96 bits per heavy atom. The van der Waals surface area contributed by atoms with Gasteiger partial charge in [0.2, 0.25) is 0 Å². The molecule has 0 bridgehead atoms. The zero-order chi connectivity index (χ0) is 34.6. The van der Waals surface area contributed by atoms with Gasteiger partial charge >= 0.3 is 0 Å². The van der Waals surface area contributed by atoms with Crippen LogP contribution in [0, 0.1) is 17.8 Å². The van der Waals surface area contributed by atoms with Crippen molar-refractivity contribution in [2.24, 2.45) is 10.8 Å². The second kappa shape index (κ2) is 10.7. The SMILES string of the molecule is COc1ccc(C2(c3ccc(OC)cc3)C=Cc3c4c(c5c6c(c(C)cc5c3O2)OCC6)-c2ccccc2C42CC(C)(C)CC(C)(C)C2)cc1. The normalized spacial score (nSPS) is 19.6. The highest BCUT2D eigenvalue weighted by Crippen LogP contribution is 2.67. The van der Waals surface area contributed by atoms with Gasteiger partial charge in [-0.1, -0.05) is 82.3 Å². The first-order chi connectivity index (χ1) is 24.0. The summed E-state index contributed by atoms with van der Waals surface area (Å²) in [6.45, 7) is 12.8. The van der Waals surface area contributed by atoms with Crippen molar-refractivity contribution in [2.75, 3.05) is 20.8 Å². The minimum atomic E-state index is -0.875. The zero-order valence-corrected chi connectivity index (χ0v) is 30.3. The smallest absolute Gasteiger partial charge is 0.178 e. The predicted octanol–water partition coefficient (Wildman–Crippen LogP) is 11.0. The van der Waals surface area contributed by atoms with E-state index in [4.69, 9.17) is 18.9 Å². The fourth-order valence-electron chi connectivity index (χ4n) is 10.9. The van der Waals surface area contributed by atoms with E-state index < -0.39 is 5.60 Å². The van der Waals surface area contributed by atoms with Gasteiger partial charge in [0.25, 0.3) is 0 Å². The Hall–Kier alpha value is -4.70. The molecule has 2 heterocycles. The molecule has 9 rings (SSSR count). The lowest BCUT2D eigenvalue weighted by Crippen LogP contribution is -2.44. The van der Waals surface area contributed by atoms with Crippen molar-refractivity contribution >= 4 is 16.8 Å². The molecule has 0 amide bonds. The van der Waals surface area contributed by atoms with Crippen LogP contribution in [0.1, 0.15) is 85.9 Å². The van der Waals surface area contributed by atoms with Gasteiger partial charge in [0.05, 0.1) is 20.8 Å². The van der Waals surface area contributed by atoms with Gasteiger partial charge in [-0.15, -0.1) is 0 Å². The molecule has 5 aromatic rings. The summed E-state index contributed by atoms with van der Waals surface area (Å²) in [5, 5.41) is 2.47. The van der Waals surface area contributed by atoms with Crippen molar-refractivity contribution in [1.82, 2.24) is 0 Å². The molecule has 2 aliphatic heterocycles. The van der Waals surface area contributed by atoms with Crippen LogP contribution in [0.4, 0.5) is 0 Å². The Morgan fingerprint density at radius 2 is 1.34 bits per heavy atom. The van der Waals surface area contributed by atoms with Crippen LogP contribution in [-0.2, 0) is 17.4 Å². The summed E-state index contributed by atoms with van der Waals surface area (Å²) in [6, 6.07) is 28.2. The lowest BCUT2D eigenvalue weighted by Gasteiger charge is -2.52. The van der Waals surface area contributed by atoms with E-state index in [1.807, 2.05) is 24.3 Å². The van der Waals surface area contributed by atoms with Crippen LogP contribution in [0.25, 0.3) is 28.0 Å². The Bertz CT molecular complexity index is 2160. The summed E-state index contributed by atoms with van der Waals surface area (Å²) >= 11 is 0. The first-order valence-electron chi connectivity index (χ1n) is 18.1. The van der Waals surface area contributed by atoms with Gasteiger partial charge in [-0.05, 0) is 101 Å². The quantitative estimate of drug-likeness (QED) is 0.192. The molecular weight excluding hydrogens is 617 g/mol. The highest BCUT2D eigenvalue weighted by molar-refractivity contribution is 6.11. The van der Waals surface area contributed by atoms with Gasteiger partial charge in [-0.3, -0.25) is 0 Å². The van der Waals surface area contributed by atoms with E-state index in [9.17, 15) is 0 Å². The fraction of sp³-hybridized carbons (Fsp3) is 0.348. The van der Waals surface area contributed by atoms with Gasteiger partial charge in [-0.25, -0.2) is 0 Å². The Kier molecular flexibility index (Phi) is 6.67. The Labute approximate surface area is 296 Å². The van der Waals surface area contributed by atoms with E-state index in [0.717, 1.165) is 64.3 Å². The summed E-state index contributed by atoms with van der Waals surface area (Å²) in [5.41, 5.74) is 10.7. The number of benzene rings is 5. The minimum absolute atomic E-state index is 0.152. The second-order valence-electron chi connectivity index (χ2n) is 16.6. The van der Waals surface area contributed by atoms with Crippen LogP contribution in [0.15, 0.2) is 84.9 Å². The fourth-order valence-corrected chi connectivity index (χ4v) is 10.9. The molecule has 2 aliphatic carbocycles. The summed E-state index contributed by atoms with van der Waals surface area (Å²) in [5.74, 6) is 3.63. The molecule has 4 nitrogen and oxygen atoms in total. The summed E-state index contributed by atoms with van der Waals surface area (Å²) in [7, 11) is 3.42. The number of methoxy groups -OCH3 is 2. The predicted molar refractivity (Wildman–Crippen MR) is 202 cm³/mol. The van der Waals surface area contributed by atoms with E-state index in [0.29, 0.717) is 6.61 Å². The van der Waals surface area contributed by atoms with Gasteiger partial charge in [0, 0.05) is 44.9 Å². The highest BCUT2D eigenvalue weighted by Gasteiger charge is 2.55. The first-order valence-corrected chi connectivity index (χ1v) is 18.1. The third kappa shape index (κ3) is 4.36. The van der Waals surface area contributed by atoms with Crippen LogP contribution < -0.4 is 18.9 Å². The maximum Gasteiger partial charge on any atom is 0.178 e. The van der Waals surface area contributed by atoms with Gasteiger partial charge in [0.15, 0.2) is 5.60 Å². The van der Waals surface area contributed by atoms with Crippen LogP contribution in [0.5, 0.6) is 23.0 Å². The number of hydrogen-bond acceptors (Lipinski definition) is 4. The first kappa shape index (κ1) is 31.3. The molecule has 4 heteroatoms. The molecule has 0 atom stereocenters. The highest BCUT2D eigenvalue weighted by atomic mass is 16.5. The molecule has 0 aromatic heterocycles. The second-order valence-corrected chi connectivity index (χ2v) is 16.6. The number of fused-ring (bicyclic) bond motifs is 12. The third-order valence-electron chi connectivity index (χ3n) is 11.9. The largest absolute Gasteiger partial charge is 0.497 e. The standard InChI is InChI=1S/C46H46O4/c1-28-24-36-38(34-21-23-49-41(28)34)39-33-10-8-9-11-37(33)45(26-43(2,3)25-44(4,5)27-45)40(39)35-20-22-46(50-42(35)36,29-12-16-31(47-6)17-13-29)30-14-18-32(48-7)19-15-30/h8-20,22,24H,21,23,25-27H2,1-7H3. The Balaban J connectivity index is 1.40. The maximum absolute atomic E-state index is 7.72. The van der Waals surface area contributed by atoms with Gasteiger partial charge < -0.3 is 18.9 Å². The third-order valence-corrected chi connectivity index (χ3v) is 11.9. The van der Waals surface area contributed by atoms with Crippen LogP contribution in [-0.4, -0.2) is 20.8 Å². The van der Waals surface area contributed by atoms with Crippen molar-refractivity contribution in [3.8, 4) is 34.1 Å². The molecule has 0 radical (unpaired) electrons. The van der Waals surface area contributed by atoms with E-state index in [-0.39, 0.29) is 16.2 Å². The molecule has 4 aliphatic rings. The molecule has 0 unspecified atom stereocenters. The average molecular weight is 663 g/mol. The Morgan fingerprint density at radius 1 is 0.720 bits per heavy atom. The van der Waals surface area contributed by atoms with Gasteiger partial charge in [0.1, 0.15) is 23.0 Å². The minimum Gasteiger partial charge on any atom is -0.497 e. The topological polar surface area (TPSA) is 36.9 Å². The molecule has 0 N–H and O–H groups in total. The van der Waals surface area contributed by atoms with Crippen LogP contribution in [0.2, 0.25) is 0 Å². The summed E-state index contributed by atoms with van der Waals surface area (Å²) in [6.07, 6.45) is 8.96. The number of ether oxygens (including phenoxy) is 4. The lowest BCUT2D eigenvalue weighted by atomic mass is 9.52. The summed E-state index contributed by atoms with van der Waals surface area (Å²) in [4.78, 5) is 0. The van der Waals surface area contributed by atoms with E-state index in [1.165, 1.54) is 45.2 Å². The van der Waals surface area contributed by atoms with Crippen molar-refractivity contribution in [1.29, 1.82) is 0 Å². The molecule has 50 heavy (non-hydrogen) atoms. The molecule has 1 fully saturated rings. The summed E-state index contributed by atoms with van der Waals surface area (Å²) < 4.78 is 25.3. The van der Waals surface area contributed by atoms with Crippen LogP contribution >= 0.6 is 0 Å². The van der Waals surface area contributed by atoms with Gasteiger partial charge in [-0.2, -0.15) is 0 Å². The number of hydrogen-bond donors (Lipinski definition) is 0.